The Bertz CT molecular complexity index is 1710. The summed E-state index contributed by atoms with van der Waals surface area (Å²) >= 11 is 3.38. The fourth-order valence-electron chi connectivity index (χ4n) is 4.94. The second-order valence-corrected chi connectivity index (χ2v) is 10.5. The van der Waals surface area contributed by atoms with Gasteiger partial charge in [0.05, 0.1) is 11.6 Å². The van der Waals surface area contributed by atoms with E-state index in [0.29, 0.717) is 17.7 Å². The summed E-state index contributed by atoms with van der Waals surface area (Å²) < 4.78 is 2.98. The Morgan fingerprint density at radius 2 is 1.74 bits per heavy atom. The van der Waals surface area contributed by atoms with Crippen LogP contribution in [0.4, 0.5) is 0 Å². The molecule has 39 heavy (non-hydrogen) atoms. The summed E-state index contributed by atoms with van der Waals surface area (Å²) in [6.07, 6.45) is 1.71. The number of halogens is 1. The van der Waals surface area contributed by atoms with Crippen LogP contribution >= 0.6 is 15.9 Å². The number of pyridine rings is 1. The Kier molecular flexibility index (Phi) is 7.35. The Morgan fingerprint density at radius 1 is 1.00 bits per heavy atom. The monoisotopic (exact) mass is 581 g/mol. The number of rotatable bonds is 7. The summed E-state index contributed by atoms with van der Waals surface area (Å²) in [5.41, 5.74) is 7.88. The average Bonchev–Trinajstić information content (AvgIpc) is 3.17. The second-order valence-electron chi connectivity index (χ2n) is 9.68. The minimum atomic E-state index is -0.937. The van der Waals surface area contributed by atoms with Crippen LogP contribution in [0.5, 0.6) is 0 Å². The summed E-state index contributed by atoms with van der Waals surface area (Å²) in [6, 6.07) is 24.5. The molecule has 196 valence electrons. The molecule has 0 spiro atoms. The molecule has 2 aromatic heterocycles. The van der Waals surface area contributed by atoms with Gasteiger partial charge in [-0.1, -0.05) is 42.5 Å². The first kappa shape index (κ1) is 26.4. The van der Waals surface area contributed by atoms with Crippen LogP contribution < -0.4 is 5.32 Å². The van der Waals surface area contributed by atoms with Gasteiger partial charge in [0.1, 0.15) is 4.60 Å². The smallest absolute Gasteiger partial charge is 0.336 e. The predicted octanol–water partition coefficient (Wildman–Crippen LogP) is 7.32. The maximum atomic E-state index is 13.1. The van der Waals surface area contributed by atoms with E-state index in [1.807, 2.05) is 73.7 Å². The summed E-state index contributed by atoms with van der Waals surface area (Å²) in [6.45, 7) is 6.79. The highest BCUT2D eigenvalue weighted by Crippen LogP contribution is 2.29. The number of nitrogens with zero attached hydrogens (tertiary/aromatic N) is 2. The zero-order chi connectivity index (χ0) is 27.7. The summed E-state index contributed by atoms with van der Waals surface area (Å²) in [7, 11) is 0. The lowest BCUT2D eigenvalue weighted by Crippen LogP contribution is -2.26. The first-order chi connectivity index (χ1) is 18.7. The van der Waals surface area contributed by atoms with Gasteiger partial charge in [-0.25, -0.2) is 9.78 Å². The number of carboxylic acid groups (broad SMARTS) is 1. The zero-order valence-corrected chi connectivity index (χ0v) is 23.5. The van der Waals surface area contributed by atoms with Gasteiger partial charge in [0.2, 0.25) is 0 Å². The third kappa shape index (κ3) is 5.36. The van der Waals surface area contributed by atoms with Crippen molar-refractivity contribution in [2.24, 2.45) is 0 Å². The molecule has 0 radical (unpaired) electrons. The number of aryl methyl sites for hydroxylation is 1. The van der Waals surface area contributed by atoms with E-state index in [4.69, 9.17) is 0 Å². The van der Waals surface area contributed by atoms with Crippen molar-refractivity contribution in [3.63, 3.8) is 0 Å². The van der Waals surface area contributed by atoms with E-state index in [1.165, 1.54) is 0 Å². The second kappa shape index (κ2) is 10.9. The van der Waals surface area contributed by atoms with Crippen molar-refractivity contribution < 1.29 is 14.7 Å². The molecule has 0 unspecified atom stereocenters. The first-order valence-electron chi connectivity index (χ1n) is 12.7. The van der Waals surface area contributed by atoms with E-state index in [-0.39, 0.29) is 17.5 Å². The number of carbonyl (C=O) groups excluding carboxylic acids is 1. The number of fused-ring (bicyclic) bond motifs is 1. The van der Waals surface area contributed by atoms with Crippen LogP contribution in [0, 0.1) is 13.8 Å². The molecule has 5 aromatic rings. The molecule has 0 aliphatic heterocycles. The van der Waals surface area contributed by atoms with Crippen LogP contribution in [-0.2, 0) is 6.54 Å². The Hall–Kier alpha value is -4.23. The van der Waals surface area contributed by atoms with Gasteiger partial charge in [0.15, 0.2) is 0 Å². The van der Waals surface area contributed by atoms with Crippen LogP contribution in [0.1, 0.15) is 56.1 Å². The molecule has 0 saturated carbocycles. The van der Waals surface area contributed by atoms with E-state index in [2.05, 4.69) is 44.6 Å². The molecule has 0 aliphatic rings. The number of benzene rings is 3. The molecule has 6 nitrogen and oxygen atoms in total. The Morgan fingerprint density at radius 3 is 2.46 bits per heavy atom. The molecule has 7 heteroatoms. The summed E-state index contributed by atoms with van der Waals surface area (Å²) in [4.78, 5) is 28.9. The van der Waals surface area contributed by atoms with Crippen molar-refractivity contribution in [2.75, 3.05) is 0 Å². The number of carboxylic acids is 1. The molecule has 2 N–H and O–H groups in total. The van der Waals surface area contributed by atoms with Gasteiger partial charge >= 0.3 is 5.97 Å². The number of carbonyl (C=O) groups is 2. The van der Waals surface area contributed by atoms with E-state index < -0.39 is 5.97 Å². The van der Waals surface area contributed by atoms with Gasteiger partial charge in [-0.05, 0) is 101 Å². The molecule has 1 atom stereocenters. The minimum absolute atomic E-state index is 0.126. The molecule has 5 rings (SSSR count). The third-order valence-electron chi connectivity index (χ3n) is 7.26. The van der Waals surface area contributed by atoms with Crippen LogP contribution in [0.3, 0.4) is 0 Å². The minimum Gasteiger partial charge on any atom is -0.478 e. The Balaban J connectivity index is 1.39. The van der Waals surface area contributed by atoms with Crippen LogP contribution in [0.25, 0.3) is 22.0 Å². The van der Waals surface area contributed by atoms with Crippen molar-refractivity contribution in [1.82, 2.24) is 14.9 Å². The molecule has 0 bridgehead atoms. The highest BCUT2D eigenvalue weighted by Gasteiger charge is 2.17. The lowest BCUT2D eigenvalue weighted by molar-refractivity contribution is 0.0697. The molecular weight excluding hydrogens is 554 g/mol. The lowest BCUT2D eigenvalue weighted by atomic mass is 9.99. The van der Waals surface area contributed by atoms with Crippen LogP contribution in [0.15, 0.2) is 89.7 Å². The SMILES string of the molecule is Cc1c(C)n(Cc2ccc(-c3ccccc3C(=O)O)cc2)c2ccc(C(=O)N[C@H](C)c3ccnc(Br)c3)cc12. The van der Waals surface area contributed by atoms with E-state index in [0.717, 1.165) is 43.5 Å². The number of hydrogen-bond acceptors (Lipinski definition) is 3. The van der Waals surface area contributed by atoms with Gasteiger partial charge in [0.25, 0.3) is 5.91 Å². The maximum absolute atomic E-state index is 13.1. The summed E-state index contributed by atoms with van der Waals surface area (Å²) in [5, 5.41) is 13.7. The van der Waals surface area contributed by atoms with Crippen molar-refractivity contribution >= 4 is 38.7 Å². The number of nitrogens with one attached hydrogen (secondary N) is 1. The fourth-order valence-corrected chi connectivity index (χ4v) is 5.32. The molecular formula is C32H28BrN3O3. The largest absolute Gasteiger partial charge is 0.478 e. The highest BCUT2D eigenvalue weighted by molar-refractivity contribution is 9.10. The molecule has 2 heterocycles. The van der Waals surface area contributed by atoms with Gasteiger partial charge in [-0.2, -0.15) is 0 Å². The van der Waals surface area contributed by atoms with Crippen molar-refractivity contribution in [2.45, 2.75) is 33.4 Å². The molecule has 0 fully saturated rings. The molecule has 3 aromatic carbocycles. The number of hydrogen-bond donors (Lipinski definition) is 2. The van der Waals surface area contributed by atoms with E-state index >= 15 is 0 Å². The Labute approximate surface area is 235 Å². The topological polar surface area (TPSA) is 84.2 Å². The normalized spacial score (nSPS) is 11.9. The van der Waals surface area contributed by atoms with Gasteiger partial charge in [0, 0.05) is 34.9 Å². The quantitative estimate of drug-likeness (QED) is 0.197. The number of aromatic carboxylic acids is 1. The standard InChI is InChI=1S/C32H28BrN3O3/c1-19-21(3)36(18-22-8-10-23(11-9-22)26-6-4-5-7-27(26)32(38)39)29-13-12-25(16-28(19)29)31(37)35-20(2)24-14-15-34-30(33)17-24/h4-17,20H,18H2,1-3H3,(H,35,37)(H,38,39)/t20-/m1/s1. The number of aromatic nitrogens is 2. The van der Waals surface area contributed by atoms with Crippen LogP contribution in [-0.4, -0.2) is 26.5 Å². The van der Waals surface area contributed by atoms with E-state index in [9.17, 15) is 14.7 Å². The zero-order valence-electron chi connectivity index (χ0n) is 21.9. The first-order valence-corrected chi connectivity index (χ1v) is 13.5. The number of amides is 1. The molecule has 1 amide bonds. The van der Waals surface area contributed by atoms with Gasteiger partial charge in [-0.15, -0.1) is 0 Å². The van der Waals surface area contributed by atoms with Gasteiger partial charge < -0.3 is 15.0 Å². The molecule has 0 saturated heterocycles. The summed E-state index contributed by atoms with van der Waals surface area (Å²) in [5.74, 6) is -1.06. The predicted molar refractivity (Wildman–Crippen MR) is 157 cm³/mol. The highest BCUT2D eigenvalue weighted by atomic mass is 79.9. The van der Waals surface area contributed by atoms with Crippen molar-refractivity contribution in [3.05, 3.63) is 123 Å². The third-order valence-corrected chi connectivity index (χ3v) is 7.70. The van der Waals surface area contributed by atoms with Crippen LogP contribution in [0.2, 0.25) is 0 Å². The fraction of sp³-hybridized carbons (Fsp3) is 0.156. The van der Waals surface area contributed by atoms with Gasteiger partial charge in [-0.3, -0.25) is 4.79 Å². The van der Waals surface area contributed by atoms with E-state index in [1.54, 1.807) is 18.3 Å². The molecule has 0 aliphatic carbocycles. The average molecular weight is 582 g/mol. The van der Waals surface area contributed by atoms with Crippen molar-refractivity contribution in [1.29, 1.82) is 0 Å². The van der Waals surface area contributed by atoms with Crippen molar-refractivity contribution in [3.8, 4) is 11.1 Å². The maximum Gasteiger partial charge on any atom is 0.336 e. The lowest BCUT2D eigenvalue weighted by Gasteiger charge is -2.15.